The summed E-state index contributed by atoms with van der Waals surface area (Å²) in [5, 5.41) is 9.16. The van der Waals surface area contributed by atoms with Crippen LogP contribution in [0.25, 0.3) is 5.57 Å². The van der Waals surface area contributed by atoms with Gasteiger partial charge in [-0.2, -0.15) is 5.26 Å². The van der Waals surface area contributed by atoms with Crippen LogP contribution in [0.5, 0.6) is 0 Å². The maximum atomic E-state index is 9.16. The molecule has 0 amide bonds. The van der Waals surface area contributed by atoms with Gasteiger partial charge in [-0.3, -0.25) is 4.98 Å². The summed E-state index contributed by atoms with van der Waals surface area (Å²) in [6, 6.07) is 6.33. The first-order chi connectivity index (χ1) is 10.2. The van der Waals surface area contributed by atoms with E-state index in [9.17, 15) is 0 Å². The van der Waals surface area contributed by atoms with Crippen LogP contribution in [0.3, 0.4) is 0 Å². The summed E-state index contributed by atoms with van der Waals surface area (Å²) in [5.41, 5.74) is 3.99. The molecule has 0 bridgehead atoms. The molecule has 0 spiro atoms. The predicted octanol–water partition coefficient (Wildman–Crippen LogP) is 3.97. The fourth-order valence-electron chi connectivity index (χ4n) is 2.48. The van der Waals surface area contributed by atoms with Crippen LogP contribution in [0.4, 0.5) is 5.69 Å². The largest absolute Gasteiger partial charge is 0.378 e. The normalized spacial score (nSPS) is 18.1. The van der Waals surface area contributed by atoms with Crippen molar-refractivity contribution in [1.82, 2.24) is 4.98 Å². The molecular formula is C18H21N3. The van der Waals surface area contributed by atoms with Crippen LogP contribution in [0.1, 0.15) is 25.5 Å². The summed E-state index contributed by atoms with van der Waals surface area (Å²) in [5.74, 6) is 0.392. The third kappa shape index (κ3) is 3.61. The molecule has 1 aliphatic carbocycles. The Morgan fingerprint density at radius 2 is 2.29 bits per heavy atom. The minimum Gasteiger partial charge on any atom is -0.378 e. The Hall–Kier alpha value is -2.34. The molecule has 0 radical (unpaired) electrons. The molecule has 0 aromatic carbocycles. The van der Waals surface area contributed by atoms with Gasteiger partial charge < -0.3 is 4.90 Å². The summed E-state index contributed by atoms with van der Waals surface area (Å²) in [6.45, 7) is 2.04. The zero-order valence-corrected chi connectivity index (χ0v) is 12.9. The van der Waals surface area contributed by atoms with Crippen LogP contribution in [-0.2, 0) is 0 Å². The predicted molar refractivity (Wildman–Crippen MR) is 87.8 cm³/mol. The van der Waals surface area contributed by atoms with Crippen molar-refractivity contribution in [3.05, 3.63) is 53.9 Å². The minimum absolute atomic E-state index is 0.392. The lowest BCUT2D eigenvalue weighted by molar-refractivity contribution is 0.683. The lowest BCUT2D eigenvalue weighted by atomic mass is 9.84. The summed E-state index contributed by atoms with van der Waals surface area (Å²) in [6.07, 6.45) is 12.0. The van der Waals surface area contributed by atoms with Crippen LogP contribution in [-0.4, -0.2) is 19.1 Å². The van der Waals surface area contributed by atoms with Crippen LogP contribution in [0.2, 0.25) is 0 Å². The van der Waals surface area contributed by atoms with E-state index in [2.05, 4.69) is 34.2 Å². The zero-order chi connectivity index (χ0) is 15.2. The fourth-order valence-corrected chi connectivity index (χ4v) is 2.48. The summed E-state index contributed by atoms with van der Waals surface area (Å²) in [4.78, 5) is 6.58. The quantitative estimate of drug-likeness (QED) is 0.783. The number of rotatable bonds is 4. The van der Waals surface area contributed by atoms with Gasteiger partial charge in [0.15, 0.2) is 0 Å². The lowest BCUT2D eigenvalue weighted by Crippen LogP contribution is -2.11. The van der Waals surface area contributed by atoms with Crippen molar-refractivity contribution in [3.8, 4) is 6.07 Å². The van der Waals surface area contributed by atoms with E-state index in [1.165, 1.54) is 0 Å². The highest BCUT2D eigenvalue weighted by Crippen LogP contribution is 2.34. The van der Waals surface area contributed by atoms with E-state index >= 15 is 0 Å². The molecule has 21 heavy (non-hydrogen) atoms. The average Bonchev–Trinajstić information content (AvgIpc) is 2.52. The second-order valence-electron chi connectivity index (χ2n) is 5.40. The Balaban J connectivity index is 2.40. The molecule has 0 aliphatic heterocycles. The van der Waals surface area contributed by atoms with Gasteiger partial charge in [0.1, 0.15) is 0 Å². The Kier molecular flexibility index (Phi) is 4.94. The Bertz CT molecular complexity index is 630. The highest BCUT2D eigenvalue weighted by Gasteiger charge is 2.20. The first-order valence-corrected chi connectivity index (χ1v) is 7.22. The van der Waals surface area contributed by atoms with E-state index < -0.39 is 0 Å². The number of hydrogen-bond donors (Lipinski definition) is 0. The molecule has 1 atom stereocenters. The van der Waals surface area contributed by atoms with Gasteiger partial charge in [0.05, 0.1) is 11.8 Å². The summed E-state index contributed by atoms with van der Waals surface area (Å²) in [7, 11) is 4.04. The van der Waals surface area contributed by atoms with Gasteiger partial charge in [0.25, 0.3) is 0 Å². The molecule has 1 heterocycles. The first-order valence-electron chi connectivity index (χ1n) is 7.22. The SMILES string of the molecule is CC=CCC1CC=C(C#N)C=C1c1cc(N(C)C)ccn1. The Morgan fingerprint density at radius 3 is 2.95 bits per heavy atom. The van der Waals surface area contributed by atoms with Crippen molar-refractivity contribution in [1.29, 1.82) is 5.26 Å². The molecule has 108 valence electrons. The molecule has 1 aliphatic rings. The third-order valence-electron chi connectivity index (χ3n) is 3.71. The molecule has 0 fully saturated rings. The fraction of sp³-hybridized carbons (Fsp3) is 0.333. The maximum Gasteiger partial charge on any atom is 0.0988 e. The topological polar surface area (TPSA) is 39.9 Å². The second-order valence-corrected chi connectivity index (χ2v) is 5.40. The van der Waals surface area contributed by atoms with E-state index in [0.717, 1.165) is 35.4 Å². The van der Waals surface area contributed by atoms with Gasteiger partial charge in [0, 0.05) is 31.6 Å². The van der Waals surface area contributed by atoms with Crippen LogP contribution >= 0.6 is 0 Å². The second kappa shape index (κ2) is 6.90. The van der Waals surface area contributed by atoms with Crippen molar-refractivity contribution in [2.45, 2.75) is 19.8 Å². The lowest BCUT2D eigenvalue weighted by Gasteiger charge is -2.22. The number of allylic oxidation sites excluding steroid dienone is 6. The van der Waals surface area contributed by atoms with Gasteiger partial charge in [-0.25, -0.2) is 0 Å². The molecule has 0 N–H and O–H groups in total. The molecular weight excluding hydrogens is 258 g/mol. The van der Waals surface area contributed by atoms with E-state index in [0.29, 0.717) is 5.92 Å². The van der Waals surface area contributed by atoms with E-state index in [1.807, 2.05) is 45.4 Å². The third-order valence-corrected chi connectivity index (χ3v) is 3.71. The Morgan fingerprint density at radius 1 is 1.48 bits per heavy atom. The number of aromatic nitrogens is 1. The average molecular weight is 279 g/mol. The highest BCUT2D eigenvalue weighted by molar-refractivity contribution is 5.72. The number of nitriles is 1. The smallest absolute Gasteiger partial charge is 0.0988 e. The number of anilines is 1. The van der Waals surface area contributed by atoms with Crippen molar-refractivity contribution in [2.75, 3.05) is 19.0 Å². The molecule has 3 nitrogen and oxygen atoms in total. The van der Waals surface area contributed by atoms with Crippen LogP contribution < -0.4 is 4.90 Å². The van der Waals surface area contributed by atoms with Crippen molar-refractivity contribution in [2.24, 2.45) is 5.92 Å². The maximum absolute atomic E-state index is 9.16. The molecule has 0 saturated heterocycles. The monoisotopic (exact) mass is 279 g/mol. The number of hydrogen-bond acceptors (Lipinski definition) is 3. The van der Waals surface area contributed by atoms with Gasteiger partial charge in [0.2, 0.25) is 0 Å². The van der Waals surface area contributed by atoms with Gasteiger partial charge in [-0.15, -0.1) is 0 Å². The first kappa shape index (κ1) is 15.1. The van der Waals surface area contributed by atoms with E-state index in [4.69, 9.17) is 5.26 Å². The minimum atomic E-state index is 0.392. The highest BCUT2D eigenvalue weighted by atomic mass is 15.1. The van der Waals surface area contributed by atoms with Crippen molar-refractivity contribution >= 4 is 11.3 Å². The summed E-state index contributed by atoms with van der Waals surface area (Å²) < 4.78 is 0. The molecule has 1 unspecified atom stereocenters. The van der Waals surface area contributed by atoms with Gasteiger partial charge in [-0.1, -0.05) is 18.2 Å². The van der Waals surface area contributed by atoms with Crippen molar-refractivity contribution < 1.29 is 0 Å². The number of pyridine rings is 1. The molecule has 2 rings (SSSR count). The van der Waals surface area contributed by atoms with E-state index in [1.54, 1.807) is 0 Å². The zero-order valence-electron chi connectivity index (χ0n) is 12.9. The number of nitrogens with zero attached hydrogens (tertiary/aromatic N) is 3. The summed E-state index contributed by atoms with van der Waals surface area (Å²) >= 11 is 0. The van der Waals surface area contributed by atoms with Crippen LogP contribution in [0, 0.1) is 17.2 Å². The van der Waals surface area contributed by atoms with Crippen molar-refractivity contribution in [3.63, 3.8) is 0 Å². The molecule has 0 saturated carbocycles. The molecule has 3 heteroatoms. The van der Waals surface area contributed by atoms with Gasteiger partial charge in [-0.05, 0) is 49.5 Å². The Labute approximate surface area is 126 Å². The van der Waals surface area contributed by atoms with E-state index in [-0.39, 0.29) is 0 Å². The van der Waals surface area contributed by atoms with Crippen LogP contribution in [0.15, 0.2) is 48.2 Å². The van der Waals surface area contributed by atoms with Gasteiger partial charge >= 0.3 is 0 Å². The molecule has 1 aromatic rings. The standard InChI is InChI=1S/C18H21N3/c1-4-5-6-15-8-7-14(13-19)11-17(15)18-12-16(21(2)3)9-10-20-18/h4-5,7,9-12,15H,6,8H2,1-3H3. The molecule has 1 aromatic heterocycles.